The van der Waals surface area contributed by atoms with Crippen LogP contribution >= 0.6 is 0 Å². The number of benzene rings is 2. The SMILES string of the molecule is Cc1cc(C)cc(C(=O)Nc2ccc(F)c(N)c2)c1. The molecule has 19 heavy (non-hydrogen) atoms. The van der Waals surface area contributed by atoms with Crippen LogP contribution in [0.15, 0.2) is 36.4 Å². The number of nitrogens with two attached hydrogens (primary N) is 1. The topological polar surface area (TPSA) is 55.1 Å². The van der Waals surface area contributed by atoms with E-state index in [2.05, 4.69) is 5.32 Å². The van der Waals surface area contributed by atoms with E-state index < -0.39 is 5.82 Å². The van der Waals surface area contributed by atoms with Crippen LogP contribution in [-0.2, 0) is 0 Å². The van der Waals surface area contributed by atoms with Crippen LogP contribution in [0.25, 0.3) is 0 Å². The number of aryl methyl sites for hydroxylation is 2. The highest BCUT2D eigenvalue weighted by Crippen LogP contribution is 2.17. The first kappa shape index (κ1) is 13.1. The maximum atomic E-state index is 13.0. The molecule has 0 radical (unpaired) electrons. The van der Waals surface area contributed by atoms with Crippen LogP contribution in [0.2, 0.25) is 0 Å². The normalized spacial score (nSPS) is 10.3. The second-order valence-corrected chi connectivity index (χ2v) is 4.57. The van der Waals surface area contributed by atoms with Crippen molar-refractivity contribution in [2.45, 2.75) is 13.8 Å². The minimum absolute atomic E-state index is 0.0122. The first-order valence-corrected chi connectivity index (χ1v) is 5.90. The first-order valence-electron chi connectivity index (χ1n) is 5.90. The van der Waals surface area contributed by atoms with Gasteiger partial charge in [0.25, 0.3) is 5.91 Å². The highest BCUT2D eigenvalue weighted by molar-refractivity contribution is 6.04. The third-order valence-electron chi connectivity index (χ3n) is 2.74. The zero-order valence-electron chi connectivity index (χ0n) is 10.8. The van der Waals surface area contributed by atoms with Crippen molar-refractivity contribution in [2.75, 3.05) is 11.1 Å². The molecule has 3 nitrogen and oxygen atoms in total. The van der Waals surface area contributed by atoms with Gasteiger partial charge in [-0.1, -0.05) is 17.2 Å². The van der Waals surface area contributed by atoms with Gasteiger partial charge in [0, 0.05) is 11.3 Å². The lowest BCUT2D eigenvalue weighted by Crippen LogP contribution is -2.12. The number of hydrogen-bond donors (Lipinski definition) is 2. The largest absolute Gasteiger partial charge is 0.396 e. The van der Waals surface area contributed by atoms with E-state index in [0.717, 1.165) is 11.1 Å². The second-order valence-electron chi connectivity index (χ2n) is 4.57. The van der Waals surface area contributed by atoms with E-state index in [9.17, 15) is 9.18 Å². The fraction of sp³-hybridized carbons (Fsp3) is 0.133. The number of amides is 1. The van der Waals surface area contributed by atoms with Crippen molar-refractivity contribution >= 4 is 17.3 Å². The molecule has 2 aromatic carbocycles. The summed E-state index contributed by atoms with van der Waals surface area (Å²) in [6.45, 7) is 3.86. The molecule has 0 fully saturated rings. The van der Waals surface area contributed by atoms with Crippen molar-refractivity contribution < 1.29 is 9.18 Å². The van der Waals surface area contributed by atoms with Crippen molar-refractivity contribution in [1.29, 1.82) is 0 Å². The predicted octanol–water partition coefficient (Wildman–Crippen LogP) is 3.28. The molecule has 4 heteroatoms. The number of hydrogen-bond acceptors (Lipinski definition) is 2. The quantitative estimate of drug-likeness (QED) is 0.812. The molecule has 0 saturated carbocycles. The van der Waals surface area contributed by atoms with Crippen molar-refractivity contribution in [3.63, 3.8) is 0 Å². The Morgan fingerprint density at radius 1 is 1.11 bits per heavy atom. The van der Waals surface area contributed by atoms with Gasteiger partial charge in [-0.15, -0.1) is 0 Å². The van der Waals surface area contributed by atoms with Crippen molar-refractivity contribution in [2.24, 2.45) is 0 Å². The monoisotopic (exact) mass is 258 g/mol. The molecule has 0 aromatic heterocycles. The number of carbonyl (C=O) groups is 1. The molecule has 0 atom stereocenters. The fourth-order valence-corrected chi connectivity index (χ4v) is 1.93. The highest BCUT2D eigenvalue weighted by Gasteiger charge is 2.08. The number of nitrogens with one attached hydrogen (secondary N) is 1. The summed E-state index contributed by atoms with van der Waals surface area (Å²) in [6, 6.07) is 9.70. The Morgan fingerprint density at radius 2 is 1.74 bits per heavy atom. The molecule has 0 unspecified atom stereocenters. The number of nitrogen functional groups attached to an aromatic ring is 1. The molecule has 2 rings (SSSR count). The molecule has 2 aromatic rings. The molecular weight excluding hydrogens is 243 g/mol. The molecule has 1 amide bonds. The molecule has 0 bridgehead atoms. The lowest BCUT2D eigenvalue weighted by Gasteiger charge is -2.08. The molecule has 0 heterocycles. The molecule has 98 valence electrons. The van der Waals surface area contributed by atoms with E-state index in [4.69, 9.17) is 5.73 Å². The Labute approximate surface area is 111 Å². The van der Waals surface area contributed by atoms with Crippen LogP contribution in [0, 0.1) is 19.7 Å². The average molecular weight is 258 g/mol. The Kier molecular flexibility index (Phi) is 3.51. The minimum Gasteiger partial charge on any atom is -0.396 e. The van der Waals surface area contributed by atoms with Crippen LogP contribution in [0.5, 0.6) is 0 Å². The van der Waals surface area contributed by atoms with Gasteiger partial charge in [0.2, 0.25) is 0 Å². The van der Waals surface area contributed by atoms with Crippen LogP contribution in [0.4, 0.5) is 15.8 Å². The van der Waals surface area contributed by atoms with Gasteiger partial charge in [0.1, 0.15) is 5.82 Å². The van der Waals surface area contributed by atoms with E-state index in [1.54, 1.807) is 12.1 Å². The van der Waals surface area contributed by atoms with E-state index in [1.807, 2.05) is 19.9 Å². The summed E-state index contributed by atoms with van der Waals surface area (Å²) < 4.78 is 13.0. The van der Waals surface area contributed by atoms with Gasteiger partial charge in [-0.25, -0.2) is 4.39 Å². The summed E-state index contributed by atoms with van der Waals surface area (Å²) >= 11 is 0. The van der Waals surface area contributed by atoms with Gasteiger partial charge in [-0.05, 0) is 44.2 Å². The highest BCUT2D eigenvalue weighted by atomic mass is 19.1. The van der Waals surface area contributed by atoms with Crippen LogP contribution in [0.3, 0.4) is 0 Å². The third kappa shape index (κ3) is 3.10. The van der Waals surface area contributed by atoms with Gasteiger partial charge in [0.15, 0.2) is 0 Å². The molecule has 0 aliphatic carbocycles. The smallest absolute Gasteiger partial charge is 0.255 e. The zero-order valence-corrected chi connectivity index (χ0v) is 10.8. The lowest BCUT2D eigenvalue weighted by atomic mass is 10.1. The zero-order chi connectivity index (χ0) is 14.0. The third-order valence-corrected chi connectivity index (χ3v) is 2.74. The number of halogens is 1. The van der Waals surface area contributed by atoms with Gasteiger partial charge < -0.3 is 11.1 Å². The Hall–Kier alpha value is -2.36. The number of carbonyl (C=O) groups excluding carboxylic acids is 1. The molecule has 0 saturated heterocycles. The van der Waals surface area contributed by atoms with Crippen LogP contribution in [0.1, 0.15) is 21.5 Å². The summed E-state index contributed by atoms with van der Waals surface area (Å²) in [6.07, 6.45) is 0. The average Bonchev–Trinajstić information content (AvgIpc) is 2.32. The lowest BCUT2D eigenvalue weighted by molar-refractivity contribution is 0.102. The van der Waals surface area contributed by atoms with Crippen LogP contribution in [-0.4, -0.2) is 5.91 Å². The maximum absolute atomic E-state index is 13.0. The standard InChI is InChI=1S/C15H15FN2O/c1-9-5-10(2)7-11(6-9)15(19)18-12-3-4-13(16)14(17)8-12/h3-8H,17H2,1-2H3,(H,18,19). The maximum Gasteiger partial charge on any atom is 0.255 e. The van der Waals surface area contributed by atoms with Gasteiger partial charge >= 0.3 is 0 Å². The Morgan fingerprint density at radius 3 is 2.32 bits per heavy atom. The number of anilines is 2. The van der Waals surface area contributed by atoms with Gasteiger partial charge in [-0.3, -0.25) is 4.79 Å². The van der Waals surface area contributed by atoms with Crippen molar-refractivity contribution in [1.82, 2.24) is 0 Å². The minimum atomic E-state index is -0.496. The molecule has 0 aliphatic rings. The molecule has 0 aliphatic heterocycles. The summed E-state index contributed by atoms with van der Waals surface area (Å²) in [4.78, 5) is 12.1. The summed E-state index contributed by atoms with van der Waals surface area (Å²) in [5.41, 5.74) is 8.55. The Bertz CT molecular complexity index is 618. The van der Waals surface area contributed by atoms with Crippen molar-refractivity contribution in [3.05, 3.63) is 58.9 Å². The first-order chi connectivity index (χ1) is 8.95. The fourth-order valence-electron chi connectivity index (χ4n) is 1.93. The molecular formula is C15H15FN2O. The second kappa shape index (κ2) is 5.10. The van der Waals surface area contributed by atoms with Gasteiger partial charge in [-0.2, -0.15) is 0 Å². The summed E-state index contributed by atoms with van der Waals surface area (Å²) in [7, 11) is 0. The van der Waals surface area contributed by atoms with Crippen LogP contribution < -0.4 is 11.1 Å². The summed E-state index contributed by atoms with van der Waals surface area (Å²) in [5.74, 6) is -0.734. The van der Waals surface area contributed by atoms with Gasteiger partial charge in [0.05, 0.1) is 5.69 Å². The summed E-state index contributed by atoms with van der Waals surface area (Å²) in [5, 5.41) is 2.70. The number of rotatable bonds is 2. The molecule has 3 N–H and O–H groups in total. The van der Waals surface area contributed by atoms with E-state index in [-0.39, 0.29) is 11.6 Å². The van der Waals surface area contributed by atoms with Crippen molar-refractivity contribution in [3.8, 4) is 0 Å². The van der Waals surface area contributed by atoms with E-state index >= 15 is 0 Å². The predicted molar refractivity (Wildman–Crippen MR) is 74.7 cm³/mol. The molecule has 0 spiro atoms. The Balaban J connectivity index is 2.22. The van der Waals surface area contributed by atoms with E-state index in [0.29, 0.717) is 11.3 Å². The van der Waals surface area contributed by atoms with E-state index in [1.165, 1.54) is 18.2 Å².